The smallest absolute Gasteiger partial charge is 0.317 e. The van der Waals surface area contributed by atoms with Crippen LogP contribution in [0.5, 0.6) is 17.2 Å². The highest BCUT2D eigenvalue weighted by Crippen LogP contribution is 2.46. The van der Waals surface area contributed by atoms with Crippen LogP contribution in [0.15, 0.2) is 48.5 Å². The lowest BCUT2D eigenvalue weighted by Gasteiger charge is -2.30. The van der Waals surface area contributed by atoms with Gasteiger partial charge in [0.1, 0.15) is 5.92 Å². The van der Waals surface area contributed by atoms with Crippen LogP contribution in [0.4, 0.5) is 0 Å². The fourth-order valence-electron chi connectivity index (χ4n) is 3.87. The fourth-order valence-corrected chi connectivity index (χ4v) is 3.87. The van der Waals surface area contributed by atoms with Crippen molar-refractivity contribution in [3.63, 3.8) is 0 Å². The largest absolute Gasteiger partial charge is 0.493 e. The predicted molar refractivity (Wildman–Crippen MR) is 113 cm³/mol. The molecular formula is C24H26O6. The maximum absolute atomic E-state index is 13.0. The molecule has 0 spiro atoms. The maximum atomic E-state index is 13.0. The standard InChI is InChI=1S/C24H26O6/c1-5-30-24(26)22-18(11-16(12-19(22)25)15-9-7-6-8-10-15)17-13-20(27-2)23(29-4)21(14-17)28-3/h6-10,12-14,18,22H,5,11H2,1-4H3. The van der Waals surface area contributed by atoms with E-state index in [0.29, 0.717) is 23.7 Å². The number of methoxy groups -OCH3 is 3. The highest BCUT2D eigenvalue weighted by atomic mass is 16.5. The molecule has 1 aliphatic rings. The molecule has 1 aliphatic carbocycles. The molecule has 0 bridgehead atoms. The molecule has 0 saturated heterocycles. The number of ether oxygens (including phenoxy) is 4. The number of hydrogen-bond donors (Lipinski definition) is 0. The number of carbonyl (C=O) groups is 2. The van der Waals surface area contributed by atoms with Gasteiger partial charge in [0.25, 0.3) is 0 Å². The summed E-state index contributed by atoms with van der Waals surface area (Å²) >= 11 is 0. The molecule has 2 unspecified atom stereocenters. The second-order valence-corrected chi connectivity index (χ2v) is 6.94. The first-order valence-electron chi connectivity index (χ1n) is 9.80. The van der Waals surface area contributed by atoms with Crippen LogP contribution >= 0.6 is 0 Å². The van der Waals surface area contributed by atoms with E-state index in [4.69, 9.17) is 18.9 Å². The van der Waals surface area contributed by atoms with Crippen LogP contribution in [0.25, 0.3) is 5.57 Å². The Kier molecular flexibility index (Phi) is 6.77. The van der Waals surface area contributed by atoms with Gasteiger partial charge in [-0.1, -0.05) is 30.3 Å². The quantitative estimate of drug-likeness (QED) is 0.507. The third kappa shape index (κ3) is 4.17. The lowest BCUT2D eigenvalue weighted by Crippen LogP contribution is -2.34. The molecule has 0 amide bonds. The molecule has 3 rings (SSSR count). The molecule has 0 aromatic heterocycles. The number of esters is 1. The second-order valence-electron chi connectivity index (χ2n) is 6.94. The van der Waals surface area contributed by atoms with Crippen LogP contribution < -0.4 is 14.2 Å². The van der Waals surface area contributed by atoms with Crippen molar-refractivity contribution >= 4 is 17.3 Å². The first kappa shape index (κ1) is 21.4. The van der Waals surface area contributed by atoms with Crippen molar-refractivity contribution < 1.29 is 28.5 Å². The van der Waals surface area contributed by atoms with Crippen LogP contribution in [-0.2, 0) is 14.3 Å². The maximum Gasteiger partial charge on any atom is 0.317 e. The molecule has 2 aromatic rings. The molecule has 6 nitrogen and oxygen atoms in total. The number of carbonyl (C=O) groups excluding carboxylic acids is 2. The Bertz CT molecular complexity index is 922. The number of ketones is 1. The summed E-state index contributed by atoms with van der Waals surface area (Å²) in [6, 6.07) is 13.3. The van der Waals surface area contributed by atoms with Gasteiger partial charge >= 0.3 is 5.97 Å². The Morgan fingerprint density at radius 3 is 2.17 bits per heavy atom. The van der Waals surface area contributed by atoms with Crippen molar-refractivity contribution in [2.24, 2.45) is 5.92 Å². The summed E-state index contributed by atoms with van der Waals surface area (Å²) in [5, 5.41) is 0. The summed E-state index contributed by atoms with van der Waals surface area (Å²) in [6.45, 7) is 1.94. The molecule has 2 aromatic carbocycles. The molecule has 30 heavy (non-hydrogen) atoms. The molecule has 0 fully saturated rings. The van der Waals surface area contributed by atoms with E-state index in [1.807, 2.05) is 30.3 Å². The van der Waals surface area contributed by atoms with Gasteiger partial charge in [0.15, 0.2) is 17.3 Å². The van der Waals surface area contributed by atoms with Crippen molar-refractivity contribution in [2.45, 2.75) is 19.3 Å². The molecule has 0 radical (unpaired) electrons. The Morgan fingerprint density at radius 1 is 1.00 bits per heavy atom. The van der Waals surface area contributed by atoms with Gasteiger partial charge in [0, 0.05) is 5.92 Å². The minimum Gasteiger partial charge on any atom is -0.493 e. The highest BCUT2D eigenvalue weighted by Gasteiger charge is 2.40. The Balaban J connectivity index is 2.12. The van der Waals surface area contributed by atoms with Crippen LogP contribution in [0.2, 0.25) is 0 Å². The molecular weight excluding hydrogens is 384 g/mol. The number of hydrogen-bond acceptors (Lipinski definition) is 6. The van der Waals surface area contributed by atoms with Gasteiger partial charge in [0.05, 0.1) is 27.9 Å². The summed E-state index contributed by atoms with van der Waals surface area (Å²) in [5.74, 6) is -0.750. The summed E-state index contributed by atoms with van der Waals surface area (Å²) in [4.78, 5) is 25.8. The average Bonchev–Trinajstić information content (AvgIpc) is 2.78. The van der Waals surface area contributed by atoms with Gasteiger partial charge in [-0.05, 0) is 48.3 Å². The lowest BCUT2D eigenvalue weighted by molar-refractivity contribution is -0.151. The zero-order valence-corrected chi connectivity index (χ0v) is 17.6. The molecule has 6 heteroatoms. The topological polar surface area (TPSA) is 71.1 Å². The molecule has 158 valence electrons. The fraction of sp³-hybridized carbons (Fsp3) is 0.333. The summed E-state index contributed by atoms with van der Waals surface area (Å²) in [7, 11) is 4.60. The zero-order chi connectivity index (χ0) is 21.7. The normalized spacial score (nSPS) is 18.4. The zero-order valence-electron chi connectivity index (χ0n) is 17.6. The van der Waals surface area contributed by atoms with Crippen molar-refractivity contribution in [3.8, 4) is 17.2 Å². The number of benzene rings is 2. The molecule has 0 saturated carbocycles. The SMILES string of the molecule is CCOC(=O)C1C(=O)C=C(c2ccccc2)CC1c1cc(OC)c(OC)c(OC)c1. The van der Waals surface area contributed by atoms with Crippen molar-refractivity contribution in [1.82, 2.24) is 0 Å². The predicted octanol–water partition coefficient (Wildman–Crippen LogP) is 4.03. The first-order valence-corrected chi connectivity index (χ1v) is 9.80. The molecule has 0 aliphatic heterocycles. The van der Waals surface area contributed by atoms with E-state index in [1.165, 1.54) is 21.3 Å². The average molecular weight is 410 g/mol. The monoisotopic (exact) mass is 410 g/mol. The van der Waals surface area contributed by atoms with Gasteiger partial charge in [0.2, 0.25) is 5.75 Å². The van der Waals surface area contributed by atoms with Gasteiger partial charge < -0.3 is 18.9 Å². The Labute approximate surface area is 176 Å². The highest BCUT2D eigenvalue weighted by molar-refractivity contribution is 6.10. The third-order valence-electron chi connectivity index (χ3n) is 5.27. The lowest BCUT2D eigenvalue weighted by atomic mass is 9.73. The van der Waals surface area contributed by atoms with Crippen molar-refractivity contribution in [2.75, 3.05) is 27.9 Å². The van der Waals surface area contributed by atoms with Crippen molar-refractivity contribution in [1.29, 1.82) is 0 Å². The van der Waals surface area contributed by atoms with E-state index < -0.39 is 17.8 Å². The minimum absolute atomic E-state index is 0.208. The number of allylic oxidation sites excluding steroid dienone is 2. The van der Waals surface area contributed by atoms with Gasteiger partial charge in [-0.3, -0.25) is 9.59 Å². The van der Waals surface area contributed by atoms with Crippen LogP contribution in [0.3, 0.4) is 0 Å². The van der Waals surface area contributed by atoms with E-state index >= 15 is 0 Å². The van der Waals surface area contributed by atoms with Crippen LogP contribution in [0, 0.1) is 5.92 Å². The Morgan fingerprint density at radius 2 is 1.63 bits per heavy atom. The number of rotatable bonds is 7. The minimum atomic E-state index is -0.930. The summed E-state index contributed by atoms with van der Waals surface area (Å²) < 4.78 is 21.6. The molecule has 0 heterocycles. The summed E-state index contributed by atoms with van der Waals surface area (Å²) in [6.07, 6.45) is 2.06. The van der Waals surface area contributed by atoms with Crippen molar-refractivity contribution in [3.05, 3.63) is 59.7 Å². The second kappa shape index (κ2) is 9.48. The van der Waals surface area contributed by atoms with Crippen LogP contribution in [0.1, 0.15) is 30.4 Å². The first-order chi connectivity index (χ1) is 14.5. The molecule has 0 N–H and O–H groups in total. The Hall–Kier alpha value is -3.28. The van der Waals surface area contributed by atoms with Gasteiger partial charge in [-0.2, -0.15) is 0 Å². The van der Waals surface area contributed by atoms with E-state index in [-0.39, 0.29) is 12.4 Å². The third-order valence-corrected chi connectivity index (χ3v) is 5.27. The van der Waals surface area contributed by atoms with Crippen LogP contribution in [-0.4, -0.2) is 39.7 Å². The van der Waals surface area contributed by atoms with E-state index in [9.17, 15) is 9.59 Å². The van der Waals surface area contributed by atoms with E-state index in [1.54, 1.807) is 25.1 Å². The molecule has 2 atom stereocenters. The van der Waals surface area contributed by atoms with Gasteiger partial charge in [-0.15, -0.1) is 0 Å². The van der Waals surface area contributed by atoms with E-state index in [0.717, 1.165) is 16.7 Å². The summed E-state index contributed by atoms with van der Waals surface area (Å²) in [5.41, 5.74) is 2.57. The van der Waals surface area contributed by atoms with Gasteiger partial charge in [-0.25, -0.2) is 0 Å². The van der Waals surface area contributed by atoms with E-state index in [2.05, 4.69) is 0 Å².